The minimum Gasteiger partial charge on any atom is -0.368 e. The lowest BCUT2D eigenvalue weighted by Crippen LogP contribution is -2.18. The molecule has 0 radical (unpaired) electrons. The second kappa shape index (κ2) is 3.18. The molecule has 0 spiro atoms. The zero-order valence-electron chi connectivity index (χ0n) is 5.84. The molecular weight excluding hydrogens is 116 g/mol. The van der Waals surface area contributed by atoms with E-state index in [2.05, 4.69) is 0 Å². The summed E-state index contributed by atoms with van der Waals surface area (Å²) >= 11 is 0. The Morgan fingerprint density at radius 1 is 1.44 bits per heavy atom. The Bertz CT molecular complexity index is 73.0. The molecule has 2 atom stereocenters. The third-order valence-corrected chi connectivity index (χ3v) is 1.83. The number of hydrogen-bond acceptors (Lipinski definition) is 2. The van der Waals surface area contributed by atoms with Gasteiger partial charge in [-0.1, -0.05) is 13.3 Å². The third-order valence-electron chi connectivity index (χ3n) is 1.83. The molecule has 2 nitrogen and oxygen atoms in total. The SMILES string of the molecule is C[C@@H]1CCCCOC1O. The molecule has 2 heteroatoms. The molecule has 0 aromatic heterocycles. The van der Waals surface area contributed by atoms with Crippen molar-refractivity contribution in [3.05, 3.63) is 0 Å². The van der Waals surface area contributed by atoms with Gasteiger partial charge in [0.1, 0.15) is 0 Å². The summed E-state index contributed by atoms with van der Waals surface area (Å²) in [5.74, 6) is 0.326. The van der Waals surface area contributed by atoms with Gasteiger partial charge in [0.15, 0.2) is 6.29 Å². The standard InChI is InChI=1S/C7H14O2/c1-6-4-2-3-5-9-7(6)8/h6-8H,2-5H2,1H3/t6-,7?/m1/s1. The Kier molecular flexibility index (Phi) is 2.49. The largest absolute Gasteiger partial charge is 0.368 e. The summed E-state index contributed by atoms with van der Waals surface area (Å²) in [5.41, 5.74) is 0. The first kappa shape index (κ1) is 7.03. The normalized spacial score (nSPS) is 38.0. The van der Waals surface area contributed by atoms with Crippen molar-refractivity contribution in [1.82, 2.24) is 0 Å². The lowest BCUT2D eigenvalue weighted by Gasteiger charge is -2.13. The highest BCUT2D eigenvalue weighted by Gasteiger charge is 2.16. The van der Waals surface area contributed by atoms with Gasteiger partial charge in [-0.2, -0.15) is 0 Å². The Labute approximate surface area is 55.8 Å². The first-order chi connectivity index (χ1) is 4.30. The van der Waals surface area contributed by atoms with E-state index in [-0.39, 0.29) is 0 Å². The molecule has 54 valence electrons. The average Bonchev–Trinajstić information content (AvgIpc) is 1.99. The van der Waals surface area contributed by atoms with Gasteiger partial charge in [0.05, 0.1) is 0 Å². The number of hydrogen-bond donors (Lipinski definition) is 1. The van der Waals surface area contributed by atoms with Crippen molar-refractivity contribution in [2.24, 2.45) is 5.92 Å². The van der Waals surface area contributed by atoms with Crippen molar-refractivity contribution >= 4 is 0 Å². The molecule has 1 N–H and O–H groups in total. The smallest absolute Gasteiger partial charge is 0.157 e. The van der Waals surface area contributed by atoms with Crippen LogP contribution in [-0.4, -0.2) is 18.0 Å². The first-order valence-corrected chi connectivity index (χ1v) is 3.60. The van der Waals surface area contributed by atoms with Gasteiger partial charge < -0.3 is 9.84 Å². The summed E-state index contributed by atoms with van der Waals surface area (Å²) < 4.78 is 5.07. The maximum Gasteiger partial charge on any atom is 0.157 e. The summed E-state index contributed by atoms with van der Waals surface area (Å²) in [6.07, 6.45) is 2.88. The van der Waals surface area contributed by atoms with Gasteiger partial charge in [0.2, 0.25) is 0 Å². The number of aliphatic hydroxyl groups is 1. The fourth-order valence-corrected chi connectivity index (χ4v) is 1.08. The fourth-order valence-electron chi connectivity index (χ4n) is 1.08. The van der Waals surface area contributed by atoms with Gasteiger partial charge in [-0.3, -0.25) is 0 Å². The van der Waals surface area contributed by atoms with Crippen LogP contribution in [0.2, 0.25) is 0 Å². The molecule has 0 saturated carbocycles. The zero-order valence-corrected chi connectivity index (χ0v) is 5.84. The predicted molar refractivity (Wildman–Crippen MR) is 35.0 cm³/mol. The highest BCUT2D eigenvalue weighted by Crippen LogP contribution is 2.17. The first-order valence-electron chi connectivity index (χ1n) is 3.60. The molecule has 0 amide bonds. The number of rotatable bonds is 0. The van der Waals surface area contributed by atoms with Crippen molar-refractivity contribution in [2.45, 2.75) is 32.5 Å². The highest BCUT2D eigenvalue weighted by atomic mass is 16.6. The molecular formula is C7H14O2. The van der Waals surface area contributed by atoms with E-state index in [1.165, 1.54) is 6.42 Å². The van der Waals surface area contributed by atoms with Gasteiger partial charge in [0.25, 0.3) is 0 Å². The van der Waals surface area contributed by atoms with Gasteiger partial charge in [-0.15, -0.1) is 0 Å². The molecule has 9 heavy (non-hydrogen) atoms. The average molecular weight is 130 g/mol. The molecule has 0 bridgehead atoms. The summed E-state index contributed by atoms with van der Waals surface area (Å²) in [6.45, 7) is 2.75. The fraction of sp³-hybridized carbons (Fsp3) is 1.00. The van der Waals surface area contributed by atoms with Crippen molar-refractivity contribution in [3.63, 3.8) is 0 Å². The van der Waals surface area contributed by atoms with Gasteiger partial charge in [-0.05, 0) is 12.8 Å². The molecule has 0 aromatic rings. The van der Waals surface area contributed by atoms with E-state index >= 15 is 0 Å². The lowest BCUT2D eigenvalue weighted by atomic mass is 10.1. The molecule has 1 rings (SSSR count). The summed E-state index contributed by atoms with van der Waals surface area (Å²) in [5, 5.41) is 9.14. The van der Waals surface area contributed by atoms with Gasteiger partial charge >= 0.3 is 0 Å². The lowest BCUT2D eigenvalue weighted by molar-refractivity contribution is -0.122. The molecule has 1 unspecified atom stereocenters. The maximum atomic E-state index is 9.14. The minimum atomic E-state index is -0.507. The zero-order chi connectivity index (χ0) is 6.69. The molecule has 1 aliphatic rings. The Morgan fingerprint density at radius 2 is 2.22 bits per heavy atom. The van der Waals surface area contributed by atoms with E-state index in [4.69, 9.17) is 9.84 Å². The summed E-state index contributed by atoms with van der Waals surface area (Å²) in [6, 6.07) is 0. The molecule has 0 aliphatic carbocycles. The molecule has 1 heterocycles. The summed E-state index contributed by atoms with van der Waals surface area (Å²) in [4.78, 5) is 0. The van der Waals surface area contributed by atoms with Crippen LogP contribution < -0.4 is 0 Å². The highest BCUT2D eigenvalue weighted by molar-refractivity contribution is 4.59. The number of aliphatic hydroxyl groups excluding tert-OH is 1. The topological polar surface area (TPSA) is 29.5 Å². The van der Waals surface area contributed by atoms with Crippen LogP contribution in [0.1, 0.15) is 26.2 Å². The molecule has 0 aromatic carbocycles. The van der Waals surface area contributed by atoms with Crippen LogP contribution in [0.15, 0.2) is 0 Å². The predicted octanol–water partition coefficient (Wildman–Crippen LogP) is 1.14. The van der Waals surface area contributed by atoms with Crippen molar-refractivity contribution in [1.29, 1.82) is 0 Å². The Morgan fingerprint density at radius 3 is 3.00 bits per heavy atom. The Balaban J connectivity index is 2.32. The van der Waals surface area contributed by atoms with Crippen molar-refractivity contribution in [2.75, 3.05) is 6.61 Å². The quantitative estimate of drug-likeness (QED) is 0.533. The molecule has 1 aliphatic heterocycles. The summed E-state index contributed by atoms with van der Waals surface area (Å²) in [7, 11) is 0. The Hall–Kier alpha value is -0.0800. The van der Waals surface area contributed by atoms with E-state index < -0.39 is 6.29 Å². The van der Waals surface area contributed by atoms with Crippen molar-refractivity contribution < 1.29 is 9.84 Å². The minimum absolute atomic E-state index is 0.326. The van der Waals surface area contributed by atoms with Crippen LogP contribution in [0.25, 0.3) is 0 Å². The second-order valence-electron chi connectivity index (χ2n) is 2.73. The van der Waals surface area contributed by atoms with E-state index in [0.717, 1.165) is 19.4 Å². The van der Waals surface area contributed by atoms with E-state index in [1.807, 2.05) is 6.92 Å². The van der Waals surface area contributed by atoms with Crippen LogP contribution in [0.3, 0.4) is 0 Å². The second-order valence-corrected chi connectivity index (χ2v) is 2.73. The van der Waals surface area contributed by atoms with Crippen LogP contribution in [-0.2, 0) is 4.74 Å². The van der Waals surface area contributed by atoms with E-state index in [1.54, 1.807) is 0 Å². The third kappa shape index (κ3) is 1.95. The van der Waals surface area contributed by atoms with Gasteiger partial charge in [0, 0.05) is 12.5 Å². The van der Waals surface area contributed by atoms with Crippen LogP contribution >= 0.6 is 0 Å². The van der Waals surface area contributed by atoms with Crippen molar-refractivity contribution in [3.8, 4) is 0 Å². The van der Waals surface area contributed by atoms with Crippen LogP contribution in [0, 0.1) is 5.92 Å². The maximum absolute atomic E-state index is 9.14. The van der Waals surface area contributed by atoms with Crippen LogP contribution in [0.5, 0.6) is 0 Å². The molecule has 1 saturated heterocycles. The van der Waals surface area contributed by atoms with E-state index in [0.29, 0.717) is 5.92 Å². The monoisotopic (exact) mass is 130 g/mol. The van der Waals surface area contributed by atoms with E-state index in [9.17, 15) is 0 Å². The number of ether oxygens (including phenoxy) is 1. The molecule has 1 fully saturated rings. The van der Waals surface area contributed by atoms with Crippen LogP contribution in [0.4, 0.5) is 0 Å². The van der Waals surface area contributed by atoms with Gasteiger partial charge in [-0.25, -0.2) is 0 Å².